The van der Waals surface area contributed by atoms with E-state index in [-0.39, 0.29) is 12.0 Å². The summed E-state index contributed by atoms with van der Waals surface area (Å²) in [6, 6.07) is 8.39. The fourth-order valence-electron chi connectivity index (χ4n) is 2.09. The first-order chi connectivity index (χ1) is 8.97. The molecule has 1 rings (SSSR count). The Labute approximate surface area is 114 Å². The van der Waals surface area contributed by atoms with Gasteiger partial charge in [0, 0.05) is 6.04 Å². The molecule has 3 atom stereocenters. The number of hydrogen-bond acceptors (Lipinski definition) is 3. The van der Waals surface area contributed by atoms with Gasteiger partial charge in [0.25, 0.3) is 0 Å². The van der Waals surface area contributed by atoms with Crippen molar-refractivity contribution in [2.45, 2.75) is 45.4 Å². The molecule has 0 aliphatic carbocycles. The van der Waals surface area contributed by atoms with Gasteiger partial charge in [0.1, 0.15) is 6.04 Å². The average molecular weight is 265 g/mol. The second kappa shape index (κ2) is 7.26. The van der Waals surface area contributed by atoms with Crippen molar-refractivity contribution in [1.82, 2.24) is 5.32 Å². The standard InChI is InChI=1S/C15H23NO3/c1-4-12(16-13(10(2)3)15(18)19)14(17)11-8-6-5-7-9-11/h5-10,12-14,16-17H,4H2,1-3H3,(H,18,19). The number of carbonyl (C=O) groups is 1. The summed E-state index contributed by atoms with van der Waals surface area (Å²) in [5.41, 5.74) is 0.801. The Balaban J connectivity index is 2.80. The van der Waals surface area contributed by atoms with Crippen LogP contribution in [0.3, 0.4) is 0 Å². The van der Waals surface area contributed by atoms with E-state index in [1.807, 2.05) is 51.1 Å². The molecule has 4 nitrogen and oxygen atoms in total. The molecular formula is C15H23NO3. The van der Waals surface area contributed by atoms with Crippen molar-refractivity contribution in [3.63, 3.8) is 0 Å². The number of carboxylic acids is 1. The van der Waals surface area contributed by atoms with E-state index in [1.54, 1.807) is 0 Å². The highest BCUT2D eigenvalue weighted by Gasteiger charge is 2.27. The molecule has 3 unspecified atom stereocenters. The zero-order valence-electron chi connectivity index (χ0n) is 11.7. The summed E-state index contributed by atoms with van der Waals surface area (Å²) in [6.45, 7) is 5.64. The van der Waals surface area contributed by atoms with Crippen molar-refractivity contribution in [1.29, 1.82) is 0 Å². The predicted octanol–water partition coefficient (Wildman–Crippen LogP) is 2.20. The number of carboxylic acid groups (broad SMARTS) is 1. The molecule has 0 saturated carbocycles. The SMILES string of the molecule is CCC(NC(C(=O)O)C(C)C)C(O)c1ccccc1. The molecule has 106 valence electrons. The van der Waals surface area contributed by atoms with Crippen LogP contribution in [0.2, 0.25) is 0 Å². The summed E-state index contributed by atoms with van der Waals surface area (Å²) in [5.74, 6) is -0.914. The number of hydrogen-bond donors (Lipinski definition) is 3. The van der Waals surface area contributed by atoms with Crippen molar-refractivity contribution in [2.24, 2.45) is 5.92 Å². The Morgan fingerprint density at radius 2 is 1.84 bits per heavy atom. The van der Waals surface area contributed by atoms with E-state index < -0.39 is 18.1 Å². The van der Waals surface area contributed by atoms with Crippen molar-refractivity contribution in [3.8, 4) is 0 Å². The molecule has 1 aromatic rings. The van der Waals surface area contributed by atoms with Gasteiger partial charge < -0.3 is 10.2 Å². The molecule has 0 radical (unpaired) electrons. The molecule has 0 fully saturated rings. The molecule has 3 N–H and O–H groups in total. The van der Waals surface area contributed by atoms with Gasteiger partial charge in [-0.3, -0.25) is 10.1 Å². The van der Waals surface area contributed by atoms with Crippen molar-refractivity contribution in [3.05, 3.63) is 35.9 Å². The van der Waals surface area contributed by atoms with Gasteiger partial charge >= 0.3 is 5.97 Å². The van der Waals surface area contributed by atoms with E-state index in [9.17, 15) is 15.0 Å². The van der Waals surface area contributed by atoms with Crippen LogP contribution in [-0.4, -0.2) is 28.3 Å². The third kappa shape index (κ3) is 4.33. The summed E-state index contributed by atoms with van der Waals surface area (Å²) in [7, 11) is 0. The third-order valence-corrected chi connectivity index (χ3v) is 3.29. The molecule has 1 aromatic carbocycles. The van der Waals surface area contributed by atoms with Crippen LogP contribution >= 0.6 is 0 Å². The maximum absolute atomic E-state index is 11.2. The molecule has 0 spiro atoms. The highest BCUT2D eigenvalue weighted by Crippen LogP contribution is 2.20. The number of aliphatic hydroxyl groups excluding tert-OH is 1. The molecule has 4 heteroatoms. The molecule has 0 saturated heterocycles. The predicted molar refractivity (Wildman–Crippen MR) is 74.9 cm³/mol. The van der Waals surface area contributed by atoms with Gasteiger partial charge in [-0.25, -0.2) is 0 Å². The van der Waals surface area contributed by atoms with Gasteiger partial charge in [-0.15, -0.1) is 0 Å². The second-order valence-corrected chi connectivity index (χ2v) is 5.10. The van der Waals surface area contributed by atoms with Crippen molar-refractivity contribution in [2.75, 3.05) is 0 Å². The van der Waals surface area contributed by atoms with Crippen LogP contribution in [0.15, 0.2) is 30.3 Å². The van der Waals surface area contributed by atoms with Gasteiger partial charge in [-0.1, -0.05) is 51.1 Å². The topological polar surface area (TPSA) is 69.6 Å². The summed E-state index contributed by atoms with van der Waals surface area (Å²) < 4.78 is 0. The normalized spacial score (nSPS) is 16.1. The third-order valence-electron chi connectivity index (χ3n) is 3.29. The molecule has 0 aromatic heterocycles. The first kappa shape index (κ1) is 15.7. The fourth-order valence-corrected chi connectivity index (χ4v) is 2.09. The summed E-state index contributed by atoms with van der Waals surface area (Å²) in [5, 5.41) is 22.6. The van der Waals surface area contributed by atoms with E-state index in [1.165, 1.54) is 0 Å². The smallest absolute Gasteiger partial charge is 0.320 e. The van der Waals surface area contributed by atoms with Crippen LogP contribution in [0, 0.1) is 5.92 Å². The molecule has 0 aliphatic rings. The highest BCUT2D eigenvalue weighted by molar-refractivity contribution is 5.73. The number of aliphatic hydroxyl groups is 1. The average Bonchev–Trinajstić information content (AvgIpc) is 2.39. The lowest BCUT2D eigenvalue weighted by molar-refractivity contribution is -0.141. The minimum Gasteiger partial charge on any atom is -0.480 e. The van der Waals surface area contributed by atoms with Crippen LogP contribution in [0.25, 0.3) is 0 Å². The minimum absolute atomic E-state index is 0.0328. The van der Waals surface area contributed by atoms with Crippen LogP contribution in [0.4, 0.5) is 0 Å². The number of rotatable bonds is 7. The summed E-state index contributed by atoms with van der Waals surface area (Å²) in [6.07, 6.45) is -0.0428. The zero-order valence-corrected chi connectivity index (χ0v) is 11.7. The van der Waals surface area contributed by atoms with E-state index in [2.05, 4.69) is 5.32 Å². The molecule has 0 amide bonds. The largest absolute Gasteiger partial charge is 0.480 e. The van der Waals surface area contributed by atoms with E-state index >= 15 is 0 Å². The van der Waals surface area contributed by atoms with Gasteiger partial charge in [0.15, 0.2) is 0 Å². The summed E-state index contributed by atoms with van der Waals surface area (Å²) in [4.78, 5) is 11.2. The quantitative estimate of drug-likeness (QED) is 0.707. The maximum atomic E-state index is 11.2. The fraction of sp³-hybridized carbons (Fsp3) is 0.533. The number of aliphatic carboxylic acids is 1. The molecule has 0 bridgehead atoms. The highest BCUT2D eigenvalue weighted by atomic mass is 16.4. The van der Waals surface area contributed by atoms with Crippen LogP contribution < -0.4 is 5.32 Å². The van der Waals surface area contributed by atoms with Gasteiger partial charge in [-0.05, 0) is 17.9 Å². The number of benzene rings is 1. The van der Waals surface area contributed by atoms with Crippen LogP contribution in [0.5, 0.6) is 0 Å². The van der Waals surface area contributed by atoms with Crippen molar-refractivity contribution >= 4 is 5.97 Å². The maximum Gasteiger partial charge on any atom is 0.320 e. The molecule has 0 aliphatic heterocycles. The summed E-state index contributed by atoms with van der Waals surface area (Å²) >= 11 is 0. The van der Waals surface area contributed by atoms with Gasteiger partial charge in [0.05, 0.1) is 6.10 Å². The Hall–Kier alpha value is -1.39. The van der Waals surface area contributed by atoms with E-state index in [4.69, 9.17) is 0 Å². The lowest BCUT2D eigenvalue weighted by Gasteiger charge is -2.28. The number of nitrogens with one attached hydrogen (secondary N) is 1. The van der Waals surface area contributed by atoms with Crippen LogP contribution in [0.1, 0.15) is 38.9 Å². The van der Waals surface area contributed by atoms with E-state index in [0.717, 1.165) is 5.56 Å². The Kier molecular flexibility index (Phi) is 5.99. The Morgan fingerprint density at radius 3 is 2.26 bits per heavy atom. The Bertz CT molecular complexity index is 392. The molecular weight excluding hydrogens is 242 g/mol. The van der Waals surface area contributed by atoms with Gasteiger partial charge in [0.2, 0.25) is 0 Å². The lowest BCUT2D eigenvalue weighted by Crippen LogP contribution is -2.48. The molecule has 0 heterocycles. The Morgan fingerprint density at radius 1 is 1.26 bits per heavy atom. The lowest BCUT2D eigenvalue weighted by atomic mass is 9.97. The molecule has 19 heavy (non-hydrogen) atoms. The van der Waals surface area contributed by atoms with E-state index in [0.29, 0.717) is 6.42 Å². The first-order valence-electron chi connectivity index (χ1n) is 6.69. The second-order valence-electron chi connectivity index (χ2n) is 5.10. The van der Waals surface area contributed by atoms with Gasteiger partial charge in [-0.2, -0.15) is 0 Å². The minimum atomic E-state index is -0.881. The van der Waals surface area contributed by atoms with Crippen LogP contribution in [-0.2, 0) is 4.79 Å². The zero-order chi connectivity index (χ0) is 14.4. The monoisotopic (exact) mass is 265 g/mol. The first-order valence-corrected chi connectivity index (χ1v) is 6.69. The van der Waals surface area contributed by atoms with Crippen molar-refractivity contribution < 1.29 is 15.0 Å².